The van der Waals surface area contributed by atoms with Gasteiger partial charge in [-0.15, -0.1) is 0 Å². The van der Waals surface area contributed by atoms with Gasteiger partial charge in [0.15, 0.2) is 11.4 Å². The quantitative estimate of drug-likeness (QED) is 0.305. The van der Waals surface area contributed by atoms with Gasteiger partial charge in [-0.3, -0.25) is 18.1 Å². The summed E-state index contributed by atoms with van der Waals surface area (Å²) >= 11 is -2.53. The van der Waals surface area contributed by atoms with E-state index < -0.39 is 29.7 Å². The zero-order valence-electron chi connectivity index (χ0n) is 18.9. The lowest BCUT2D eigenvalue weighted by Gasteiger charge is -2.26. The largest absolute Gasteiger partial charge is 0.755 e. The van der Waals surface area contributed by atoms with Crippen LogP contribution in [0.4, 0.5) is 11.4 Å². The van der Waals surface area contributed by atoms with Gasteiger partial charge in [-0.05, 0) is 61.5 Å². The predicted molar refractivity (Wildman–Crippen MR) is 132 cm³/mol. The second kappa shape index (κ2) is 10.4. The summed E-state index contributed by atoms with van der Waals surface area (Å²) in [7, 11) is 0. The number of hydrogen-bond acceptors (Lipinski definition) is 7. The molecule has 0 bridgehead atoms. The molecular formula is C25H20N3O7S-. The second-order valence-corrected chi connectivity index (χ2v) is 8.52. The van der Waals surface area contributed by atoms with E-state index in [4.69, 9.17) is 9.84 Å². The van der Waals surface area contributed by atoms with Crippen molar-refractivity contribution >= 4 is 45.3 Å². The molecule has 0 aliphatic rings. The van der Waals surface area contributed by atoms with Crippen LogP contribution in [-0.2, 0) is 16.1 Å². The van der Waals surface area contributed by atoms with Gasteiger partial charge < -0.3 is 24.8 Å². The summed E-state index contributed by atoms with van der Waals surface area (Å²) in [6.07, 6.45) is 1.36. The number of nitrogens with one attached hydrogen (secondary N) is 1. The number of pyridine rings is 1. The molecule has 1 amide bonds. The lowest BCUT2D eigenvalue weighted by atomic mass is 10.1. The fourth-order valence-electron chi connectivity index (χ4n) is 3.44. The lowest BCUT2D eigenvalue weighted by Crippen LogP contribution is -2.29. The van der Waals surface area contributed by atoms with E-state index in [-0.39, 0.29) is 11.4 Å². The van der Waals surface area contributed by atoms with Crippen molar-refractivity contribution in [3.8, 4) is 17.2 Å². The number of nitrogens with zero attached hydrogens (tertiary/aromatic N) is 2. The Bertz CT molecular complexity index is 1460. The summed E-state index contributed by atoms with van der Waals surface area (Å²) in [5, 5.41) is 22.1. The highest BCUT2D eigenvalue weighted by atomic mass is 32.2. The Balaban J connectivity index is 1.53. The van der Waals surface area contributed by atoms with Crippen molar-refractivity contribution in [3.05, 3.63) is 84.2 Å². The standard InChI is InChI=1S/C25H21N3O7S/c1-15-2-4-17(5-3-15)28(36(33)34)18-6-8-19(9-7-18)35-20-10-11-21-16(12-20)13-26-23(24(21)31)25(32)27-14-22(29)30/h2-13,31H,14H2,1H3,(H,27,32)(H,29,30)(H,33,34)/p-1. The molecule has 36 heavy (non-hydrogen) atoms. The van der Waals surface area contributed by atoms with Crippen LogP contribution >= 0.6 is 0 Å². The SMILES string of the molecule is Cc1ccc(N(c2ccc(Oc3ccc4c(O)c(C(=O)NCC(=O)O)ncc4c3)cc2)S(=O)[O-])cc1. The Morgan fingerprint density at radius 2 is 1.64 bits per heavy atom. The molecule has 1 aromatic heterocycles. The van der Waals surface area contributed by atoms with Crippen molar-refractivity contribution in [2.24, 2.45) is 0 Å². The fourth-order valence-corrected chi connectivity index (χ4v) is 4.03. The maximum Gasteiger partial charge on any atom is 0.322 e. The molecule has 3 aromatic carbocycles. The molecule has 1 unspecified atom stereocenters. The molecule has 0 spiro atoms. The molecule has 10 nitrogen and oxygen atoms in total. The molecule has 0 saturated heterocycles. The minimum atomic E-state index is -2.53. The molecule has 1 heterocycles. The smallest absolute Gasteiger partial charge is 0.322 e. The van der Waals surface area contributed by atoms with Gasteiger partial charge >= 0.3 is 5.97 Å². The summed E-state index contributed by atoms with van der Waals surface area (Å²) in [6, 6.07) is 18.3. The van der Waals surface area contributed by atoms with Crippen molar-refractivity contribution < 1.29 is 33.3 Å². The molecule has 1 atom stereocenters. The highest BCUT2D eigenvalue weighted by Gasteiger charge is 2.17. The number of aromatic hydroxyl groups is 1. The maximum absolute atomic E-state index is 12.1. The van der Waals surface area contributed by atoms with Gasteiger partial charge in [-0.25, -0.2) is 4.98 Å². The highest BCUT2D eigenvalue weighted by molar-refractivity contribution is 7.81. The maximum atomic E-state index is 12.1. The lowest BCUT2D eigenvalue weighted by molar-refractivity contribution is -0.135. The number of carbonyl (C=O) groups excluding carboxylic acids is 1. The van der Waals surface area contributed by atoms with E-state index in [9.17, 15) is 23.5 Å². The minimum absolute atomic E-state index is 0.290. The summed E-state index contributed by atoms with van der Waals surface area (Å²) in [5.41, 5.74) is 1.65. The zero-order chi connectivity index (χ0) is 25.8. The van der Waals surface area contributed by atoms with Gasteiger partial charge in [0.25, 0.3) is 5.91 Å². The van der Waals surface area contributed by atoms with Crippen LogP contribution in [0.15, 0.2) is 72.9 Å². The molecule has 4 rings (SSSR count). The minimum Gasteiger partial charge on any atom is -0.755 e. The first kappa shape index (κ1) is 24.6. The topological polar surface area (TPSA) is 152 Å². The number of carboxylic acid groups (broad SMARTS) is 1. The average molecular weight is 507 g/mol. The molecule has 0 aliphatic heterocycles. The van der Waals surface area contributed by atoms with Crippen molar-refractivity contribution in [3.63, 3.8) is 0 Å². The van der Waals surface area contributed by atoms with E-state index in [0.29, 0.717) is 33.6 Å². The van der Waals surface area contributed by atoms with E-state index >= 15 is 0 Å². The Labute approximate surface area is 208 Å². The average Bonchev–Trinajstić information content (AvgIpc) is 2.85. The van der Waals surface area contributed by atoms with E-state index in [1.165, 1.54) is 6.20 Å². The number of carboxylic acids is 1. The third-order valence-electron chi connectivity index (χ3n) is 5.17. The first-order chi connectivity index (χ1) is 17.2. The molecule has 0 fully saturated rings. The van der Waals surface area contributed by atoms with Gasteiger partial charge in [0, 0.05) is 17.0 Å². The Kier molecular flexibility index (Phi) is 7.13. The number of fused-ring (bicyclic) bond motifs is 1. The number of aliphatic carboxylic acids is 1. The van der Waals surface area contributed by atoms with E-state index in [0.717, 1.165) is 9.87 Å². The van der Waals surface area contributed by atoms with Crippen LogP contribution in [0.25, 0.3) is 10.8 Å². The van der Waals surface area contributed by atoms with Crippen molar-refractivity contribution in [2.45, 2.75) is 6.92 Å². The number of amides is 1. The Morgan fingerprint density at radius 1 is 1.03 bits per heavy atom. The molecule has 11 heteroatoms. The van der Waals surface area contributed by atoms with Gasteiger partial charge in [-0.2, -0.15) is 0 Å². The van der Waals surface area contributed by atoms with Crippen LogP contribution in [0.3, 0.4) is 0 Å². The number of carbonyl (C=O) groups is 2. The van der Waals surface area contributed by atoms with Gasteiger partial charge in [-0.1, -0.05) is 17.7 Å². The van der Waals surface area contributed by atoms with E-state index in [1.807, 2.05) is 19.1 Å². The molecule has 4 aromatic rings. The predicted octanol–water partition coefficient (Wildman–Crippen LogP) is 3.79. The van der Waals surface area contributed by atoms with Gasteiger partial charge in [0.2, 0.25) is 0 Å². The van der Waals surface area contributed by atoms with Gasteiger partial charge in [0.1, 0.15) is 18.0 Å². The molecule has 3 N–H and O–H groups in total. The van der Waals surface area contributed by atoms with Crippen LogP contribution in [-0.4, -0.2) is 42.4 Å². The first-order valence-corrected chi connectivity index (χ1v) is 11.6. The van der Waals surface area contributed by atoms with E-state index in [2.05, 4.69) is 10.3 Å². The summed E-state index contributed by atoms with van der Waals surface area (Å²) in [6.45, 7) is 1.31. The summed E-state index contributed by atoms with van der Waals surface area (Å²) < 4.78 is 30.7. The van der Waals surface area contributed by atoms with Crippen LogP contribution in [0, 0.1) is 6.92 Å². The molecular weight excluding hydrogens is 486 g/mol. The number of aryl methyl sites for hydroxylation is 1. The number of benzene rings is 3. The monoisotopic (exact) mass is 506 g/mol. The first-order valence-electron chi connectivity index (χ1n) is 10.6. The number of aromatic nitrogens is 1. The molecule has 0 saturated carbocycles. The second-order valence-electron chi connectivity index (χ2n) is 7.72. The van der Waals surface area contributed by atoms with E-state index in [1.54, 1.807) is 54.6 Å². The fraction of sp³-hybridized carbons (Fsp3) is 0.0800. The van der Waals surface area contributed by atoms with Crippen molar-refractivity contribution in [1.29, 1.82) is 0 Å². The number of anilines is 2. The third-order valence-corrected chi connectivity index (χ3v) is 5.89. The van der Waals surface area contributed by atoms with Crippen molar-refractivity contribution in [2.75, 3.05) is 10.8 Å². The molecule has 0 aliphatic carbocycles. The number of ether oxygens (including phenoxy) is 1. The zero-order valence-corrected chi connectivity index (χ0v) is 19.7. The third kappa shape index (κ3) is 5.43. The Morgan fingerprint density at radius 3 is 2.25 bits per heavy atom. The summed E-state index contributed by atoms with van der Waals surface area (Å²) in [5.74, 6) is -1.55. The normalized spacial score (nSPS) is 11.6. The summed E-state index contributed by atoms with van der Waals surface area (Å²) in [4.78, 5) is 26.7. The molecule has 0 radical (unpaired) electrons. The van der Waals surface area contributed by atoms with Crippen LogP contribution in [0.2, 0.25) is 0 Å². The van der Waals surface area contributed by atoms with Crippen LogP contribution in [0.1, 0.15) is 16.1 Å². The van der Waals surface area contributed by atoms with Crippen molar-refractivity contribution in [1.82, 2.24) is 10.3 Å². The number of rotatable bonds is 8. The Hall–Kier alpha value is -4.48. The number of hydrogen-bond donors (Lipinski definition) is 3. The highest BCUT2D eigenvalue weighted by Crippen LogP contribution is 2.33. The van der Waals surface area contributed by atoms with Crippen LogP contribution in [0.5, 0.6) is 17.2 Å². The van der Waals surface area contributed by atoms with Crippen LogP contribution < -0.4 is 14.4 Å². The molecule has 184 valence electrons. The van der Waals surface area contributed by atoms with Gasteiger partial charge in [0.05, 0.1) is 22.6 Å².